The molecule has 2 aromatic carbocycles. The maximum Gasteiger partial charge on any atom is 0.324 e. The number of esters is 1. The van der Waals surface area contributed by atoms with Crippen LogP contribution in [0.2, 0.25) is 0 Å². The molecule has 0 N–H and O–H groups in total. The Morgan fingerprint density at radius 2 is 1.65 bits per heavy atom. The lowest BCUT2D eigenvalue weighted by atomic mass is 9.91. The third-order valence-electron chi connectivity index (χ3n) is 3.16. The molecule has 0 amide bonds. The van der Waals surface area contributed by atoms with E-state index in [1.165, 1.54) is 6.92 Å². The summed E-state index contributed by atoms with van der Waals surface area (Å²) < 4.78 is 4.55. The molecule has 20 heavy (non-hydrogen) atoms. The summed E-state index contributed by atoms with van der Waals surface area (Å²) in [6.45, 7) is 1.21. The van der Waals surface area contributed by atoms with Gasteiger partial charge < -0.3 is 4.74 Å². The van der Waals surface area contributed by atoms with Crippen molar-refractivity contribution in [1.29, 1.82) is 0 Å². The number of hydrogen-bond acceptors (Lipinski definition) is 4. The molecule has 0 bridgehead atoms. The van der Waals surface area contributed by atoms with Gasteiger partial charge in [-0.25, -0.2) is 0 Å². The minimum Gasteiger partial charge on any atom is -0.468 e. The highest BCUT2D eigenvalue weighted by Crippen LogP contribution is 2.22. The van der Waals surface area contributed by atoms with E-state index in [2.05, 4.69) is 4.74 Å². The Morgan fingerprint density at radius 3 is 2.30 bits per heavy atom. The van der Waals surface area contributed by atoms with Crippen molar-refractivity contribution in [1.82, 2.24) is 0 Å². The predicted molar refractivity (Wildman–Crippen MR) is 74.5 cm³/mol. The molecule has 0 aliphatic rings. The summed E-state index contributed by atoms with van der Waals surface area (Å²) in [5.41, 5.74) is 0.355. The molecule has 2 rings (SSSR count). The molecule has 0 radical (unpaired) electrons. The maximum atomic E-state index is 12.5. The molecule has 0 unspecified atom stereocenters. The normalized spacial score (nSPS) is 11.9. The molecule has 0 aliphatic heterocycles. The summed E-state index contributed by atoms with van der Waals surface area (Å²) in [5, 5.41) is 1.60. The van der Waals surface area contributed by atoms with Crippen molar-refractivity contribution < 1.29 is 19.1 Å². The Bertz CT molecular complexity index is 682. The highest BCUT2D eigenvalue weighted by atomic mass is 16.5. The number of carbonyl (C=O) groups is 3. The van der Waals surface area contributed by atoms with Crippen LogP contribution in [0.5, 0.6) is 0 Å². The summed E-state index contributed by atoms with van der Waals surface area (Å²) in [4.78, 5) is 35.7. The van der Waals surface area contributed by atoms with Gasteiger partial charge in [-0.2, -0.15) is 0 Å². The van der Waals surface area contributed by atoms with E-state index in [-0.39, 0.29) is 0 Å². The molecule has 0 aromatic heterocycles. The Morgan fingerprint density at radius 1 is 1.00 bits per heavy atom. The van der Waals surface area contributed by atoms with Gasteiger partial charge in [0.15, 0.2) is 17.5 Å². The van der Waals surface area contributed by atoms with E-state index in [4.69, 9.17) is 0 Å². The van der Waals surface area contributed by atoms with Crippen LogP contribution in [-0.4, -0.2) is 24.6 Å². The Labute approximate surface area is 116 Å². The van der Waals surface area contributed by atoms with Gasteiger partial charge in [0.1, 0.15) is 0 Å². The van der Waals surface area contributed by atoms with Crippen LogP contribution in [0.25, 0.3) is 10.8 Å². The second-order valence-electron chi connectivity index (χ2n) is 4.46. The number of methoxy groups -OCH3 is 1. The number of Topliss-reactive ketones (excluding diaryl/α,β-unsaturated/α-hetero) is 2. The SMILES string of the molecule is COC(=O)[C@H](C(C)=O)C(=O)c1cccc2ccccc12. The molecule has 0 saturated heterocycles. The zero-order valence-corrected chi connectivity index (χ0v) is 11.3. The number of ether oxygens (including phenoxy) is 1. The molecule has 0 fully saturated rings. The molecule has 0 heterocycles. The summed E-state index contributed by atoms with van der Waals surface area (Å²) in [7, 11) is 1.16. The van der Waals surface area contributed by atoms with Crippen LogP contribution < -0.4 is 0 Å². The van der Waals surface area contributed by atoms with Crippen LogP contribution in [0.3, 0.4) is 0 Å². The summed E-state index contributed by atoms with van der Waals surface area (Å²) in [5.74, 6) is -3.27. The van der Waals surface area contributed by atoms with Crippen LogP contribution in [0.4, 0.5) is 0 Å². The molecule has 1 atom stereocenters. The van der Waals surface area contributed by atoms with E-state index >= 15 is 0 Å². The van der Waals surface area contributed by atoms with Crippen molar-refractivity contribution in [2.75, 3.05) is 7.11 Å². The third kappa shape index (κ3) is 2.45. The van der Waals surface area contributed by atoms with Gasteiger partial charge in [0.05, 0.1) is 7.11 Å². The lowest BCUT2D eigenvalue weighted by Crippen LogP contribution is -2.31. The van der Waals surface area contributed by atoms with Gasteiger partial charge >= 0.3 is 5.97 Å². The first-order chi connectivity index (χ1) is 9.56. The second-order valence-corrected chi connectivity index (χ2v) is 4.46. The minimum absolute atomic E-state index is 0.355. The first-order valence-corrected chi connectivity index (χ1v) is 6.16. The van der Waals surface area contributed by atoms with Gasteiger partial charge in [0, 0.05) is 5.56 Å². The standard InChI is InChI=1S/C16H14O4/c1-10(17)14(16(19)20-2)15(18)13-9-5-7-11-6-3-4-8-12(11)13/h3-9,14H,1-2H3/t14-/m1/s1. The fourth-order valence-corrected chi connectivity index (χ4v) is 2.17. The van der Waals surface area contributed by atoms with Crippen LogP contribution in [-0.2, 0) is 14.3 Å². The second kappa shape index (κ2) is 5.65. The summed E-state index contributed by atoms with van der Waals surface area (Å²) in [6.07, 6.45) is 0. The molecule has 2 aromatic rings. The number of hydrogen-bond donors (Lipinski definition) is 0. The first kappa shape index (κ1) is 13.9. The highest BCUT2D eigenvalue weighted by Gasteiger charge is 2.33. The number of benzene rings is 2. The number of fused-ring (bicyclic) bond motifs is 1. The predicted octanol–water partition coefficient (Wildman–Crippen LogP) is 2.40. The number of rotatable bonds is 4. The molecular weight excluding hydrogens is 256 g/mol. The van der Waals surface area contributed by atoms with Gasteiger partial charge in [-0.05, 0) is 17.7 Å². The molecule has 102 valence electrons. The number of ketones is 2. The molecule has 4 heteroatoms. The molecule has 0 saturated carbocycles. The van der Waals surface area contributed by atoms with Crippen molar-refractivity contribution in [3.63, 3.8) is 0 Å². The van der Waals surface area contributed by atoms with Gasteiger partial charge in [0.2, 0.25) is 0 Å². The Balaban J connectivity index is 2.55. The summed E-state index contributed by atoms with van der Waals surface area (Å²) in [6, 6.07) is 12.5. The van der Waals surface area contributed by atoms with Gasteiger partial charge in [0.25, 0.3) is 0 Å². The number of carbonyl (C=O) groups excluding carboxylic acids is 3. The van der Waals surface area contributed by atoms with E-state index in [1.54, 1.807) is 24.3 Å². The van der Waals surface area contributed by atoms with Gasteiger partial charge in [-0.1, -0.05) is 42.5 Å². The van der Waals surface area contributed by atoms with E-state index < -0.39 is 23.5 Å². The van der Waals surface area contributed by atoms with E-state index in [0.29, 0.717) is 5.56 Å². The monoisotopic (exact) mass is 270 g/mol. The van der Waals surface area contributed by atoms with E-state index in [0.717, 1.165) is 17.9 Å². The van der Waals surface area contributed by atoms with Crippen LogP contribution in [0, 0.1) is 5.92 Å². The zero-order valence-electron chi connectivity index (χ0n) is 11.3. The smallest absolute Gasteiger partial charge is 0.324 e. The van der Waals surface area contributed by atoms with Crippen LogP contribution in [0.15, 0.2) is 42.5 Å². The average Bonchev–Trinajstić information content (AvgIpc) is 2.46. The quantitative estimate of drug-likeness (QED) is 0.486. The molecule has 4 nitrogen and oxygen atoms in total. The first-order valence-electron chi connectivity index (χ1n) is 6.16. The topological polar surface area (TPSA) is 60.4 Å². The van der Waals surface area contributed by atoms with Gasteiger partial charge in [-0.3, -0.25) is 14.4 Å². The largest absolute Gasteiger partial charge is 0.468 e. The molecule has 0 aliphatic carbocycles. The van der Waals surface area contributed by atoms with Crippen LogP contribution in [0.1, 0.15) is 17.3 Å². The fraction of sp³-hybridized carbons (Fsp3) is 0.188. The fourth-order valence-electron chi connectivity index (χ4n) is 2.17. The Hall–Kier alpha value is -2.49. The lowest BCUT2D eigenvalue weighted by molar-refractivity contribution is -0.146. The van der Waals surface area contributed by atoms with Crippen molar-refractivity contribution >= 4 is 28.3 Å². The van der Waals surface area contributed by atoms with E-state index in [9.17, 15) is 14.4 Å². The maximum absolute atomic E-state index is 12.5. The highest BCUT2D eigenvalue weighted by molar-refractivity contribution is 6.25. The molecular formula is C16H14O4. The molecule has 0 spiro atoms. The third-order valence-corrected chi connectivity index (χ3v) is 3.16. The van der Waals surface area contributed by atoms with Crippen molar-refractivity contribution in [2.24, 2.45) is 5.92 Å². The van der Waals surface area contributed by atoms with Crippen molar-refractivity contribution in [3.8, 4) is 0 Å². The van der Waals surface area contributed by atoms with Crippen molar-refractivity contribution in [3.05, 3.63) is 48.0 Å². The minimum atomic E-state index is -1.40. The zero-order chi connectivity index (χ0) is 14.7. The summed E-state index contributed by atoms with van der Waals surface area (Å²) >= 11 is 0. The Kier molecular flexibility index (Phi) is 3.94. The van der Waals surface area contributed by atoms with E-state index in [1.807, 2.05) is 18.2 Å². The average molecular weight is 270 g/mol. The lowest BCUT2D eigenvalue weighted by Gasteiger charge is -2.12. The van der Waals surface area contributed by atoms with Crippen LogP contribution >= 0.6 is 0 Å². The van der Waals surface area contributed by atoms with Crippen molar-refractivity contribution in [2.45, 2.75) is 6.92 Å². The van der Waals surface area contributed by atoms with Gasteiger partial charge in [-0.15, -0.1) is 0 Å².